The summed E-state index contributed by atoms with van der Waals surface area (Å²) in [7, 11) is 1.53. The first kappa shape index (κ1) is 24.4. The van der Waals surface area contributed by atoms with Gasteiger partial charge < -0.3 is 20.3 Å². The number of ether oxygens (including phenoxy) is 1. The van der Waals surface area contributed by atoms with Gasteiger partial charge in [-0.3, -0.25) is 4.79 Å². The van der Waals surface area contributed by atoms with Gasteiger partial charge in [0, 0.05) is 16.8 Å². The van der Waals surface area contributed by atoms with E-state index >= 15 is 0 Å². The fourth-order valence-electron chi connectivity index (χ4n) is 2.89. The van der Waals surface area contributed by atoms with E-state index in [2.05, 4.69) is 10.3 Å². The van der Waals surface area contributed by atoms with Crippen LogP contribution in [0.4, 0.5) is 4.39 Å². The van der Waals surface area contributed by atoms with Crippen LogP contribution in [0.3, 0.4) is 0 Å². The number of nitrogens with one attached hydrogen (secondary N) is 1. The molecule has 1 amide bonds. The molecule has 3 N–H and O–H groups in total. The van der Waals surface area contributed by atoms with E-state index in [1.807, 2.05) is 20.8 Å². The summed E-state index contributed by atoms with van der Waals surface area (Å²) in [6.45, 7) is 6.98. The number of benzene rings is 1. The van der Waals surface area contributed by atoms with E-state index < -0.39 is 24.1 Å². The lowest BCUT2D eigenvalue weighted by molar-refractivity contribution is 0.0962. The van der Waals surface area contributed by atoms with Crippen molar-refractivity contribution in [2.75, 3.05) is 7.11 Å². The lowest BCUT2D eigenvalue weighted by atomic mass is 10.0. The summed E-state index contributed by atoms with van der Waals surface area (Å²) >= 11 is 5.93. The van der Waals surface area contributed by atoms with Crippen molar-refractivity contribution in [3.63, 3.8) is 0 Å². The molecule has 1 aromatic heterocycles. The molecule has 0 bridgehead atoms. The molecule has 0 unspecified atom stereocenters. The van der Waals surface area contributed by atoms with Crippen molar-refractivity contribution in [3.8, 4) is 17.0 Å². The average molecular weight is 449 g/mol. The monoisotopic (exact) mass is 448 g/mol. The first-order chi connectivity index (χ1) is 14.6. The third-order valence-corrected chi connectivity index (χ3v) is 5.42. The predicted molar refractivity (Wildman–Crippen MR) is 118 cm³/mol. The number of rotatable bonds is 7. The van der Waals surface area contributed by atoms with Gasteiger partial charge in [0.15, 0.2) is 0 Å². The van der Waals surface area contributed by atoms with Gasteiger partial charge in [-0.05, 0) is 57.0 Å². The summed E-state index contributed by atoms with van der Waals surface area (Å²) in [5.41, 5.74) is 2.30. The van der Waals surface area contributed by atoms with E-state index in [0.29, 0.717) is 17.9 Å². The third kappa shape index (κ3) is 5.42. The molecular weight excluding hydrogens is 423 g/mol. The second-order valence-corrected chi connectivity index (χ2v) is 7.39. The van der Waals surface area contributed by atoms with Crippen molar-refractivity contribution in [2.24, 2.45) is 0 Å². The Bertz CT molecular complexity index is 1060. The zero-order chi connectivity index (χ0) is 23.3. The molecule has 2 rings (SSSR count). The van der Waals surface area contributed by atoms with E-state index in [9.17, 15) is 19.4 Å². The maximum absolute atomic E-state index is 14.8. The van der Waals surface area contributed by atoms with Gasteiger partial charge in [-0.25, -0.2) is 9.37 Å². The Labute approximate surface area is 186 Å². The molecule has 0 aliphatic carbocycles. The molecule has 0 saturated carbocycles. The molecule has 0 saturated heterocycles. The minimum absolute atomic E-state index is 0.0211. The Morgan fingerprint density at radius 3 is 2.52 bits per heavy atom. The van der Waals surface area contributed by atoms with Crippen LogP contribution in [0.5, 0.6) is 5.75 Å². The molecular formula is C23H26ClFN2O4. The van der Waals surface area contributed by atoms with Crippen LogP contribution in [0, 0.1) is 5.82 Å². The molecule has 8 heteroatoms. The van der Waals surface area contributed by atoms with Gasteiger partial charge in [-0.1, -0.05) is 18.5 Å². The minimum atomic E-state index is -0.750. The minimum Gasteiger partial charge on any atom is -0.507 e. The van der Waals surface area contributed by atoms with Crippen LogP contribution in [0.2, 0.25) is 5.02 Å². The highest BCUT2D eigenvalue weighted by molar-refractivity contribution is 6.31. The maximum Gasteiger partial charge on any atom is 0.259 e. The van der Waals surface area contributed by atoms with Crippen molar-refractivity contribution in [1.82, 2.24) is 10.3 Å². The Morgan fingerprint density at radius 1 is 1.26 bits per heavy atom. The van der Waals surface area contributed by atoms with Gasteiger partial charge in [-0.2, -0.15) is 0 Å². The molecule has 2 aromatic rings. The zero-order valence-electron chi connectivity index (χ0n) is 18.1. The molecule has 1 heterocycles. The molecule has 31 heavy (non-hydrogen) atoms. The maximum atomic E-state index is 14.8. The van der Waals surface area contributed by atoms with Gasteiger partial charge in [0.25, 0.3) is 5.91 Å². The average Bonchev–Trinajstić information content (AvgIpc) is 2.77. The highest BCUT2D eigenvalue weighted by atomic mass is 35.5. The van der Waals surface area contributed by atoms with Crippen LogP contribution in [-0.4, -0.2) is 28.2 Å². The summed E-state index contributed by atoms with van der Waals surface area (Å²) in [5.74, 6) is -1.19. The fourth-order valence-corrected chi connectivity index (χ4v) is 3.06. The van der Waals surface area contributed by atoms with Crippen LogP contribution in [-0.2, 0) is 11.3 Å². The topological polar surface area (TPSA) is 91.7 Å². The first-order valence-electron chi connectivity index (χ1n) is 9.66. The van der Waals surface area contributed by atoms with Gasteiger partial charge >= 0.3 is 0 Å². The summed E-state index contributed by atoms with van der Waals surface area (Å²) in [4.78, 5) is 17.0. The highest BCUT2D eigenvalue weighted by Gasteiger charge is 2.20. The van der Waals surface area contributed by atoms with Crippen LogP contribution >= 0.6 is 11.6 Å². The lowest BCUT2D eigenvalue weighted by Gasteiger charge is -2.17. The van der Waals surface area contributed by atoms with Crippen molar-refractivity contribution in [3.05, 3.63) is 69.0 Å². The van der Waals surface area contributed by atoms with Gasteiger partial charge in [0.05, 0.1) is 41.4 Å². The Morgan fingerprint density at radius 2 is 1.94 bits per heavy atom. The van der Waals surface area contributed by atoms with Crippen molar-refractivity contribution >= 4 is 17.5 Å². The van der Waals surface area contributed by atoms with Crippen molar-refractivity contribution in [2.45, 2.75) is 40.7 Å². The number of allylic oxidation sites excluding steroid dienone is 3. The quantitative estimate of drug-likeness (QED) is 0.405. The summed E-state index contributed by atoms with van der Waals surface area (Å²) in [6.07, 6.45) is 0.679. The number of hydrogen-bond donors (Lipinski definition) is 3. The Balaban J connectivity index is 2.46. The van der Waals surface area contributed by atoms with Gasteiger partial charge in [0.2, 0.25) is 0 Å². The number of carbonyl (C=O) groups excluding carboxylic acids is 1. The highest BCUT2D eigenvalue weighted by Crippen LogP contribution is 2.30. The smallest absolute Gasteiger partial charge is 0.259 e. The summed E-state index contributed by atoms with van der Waals surface area (Å²) in [6, 6.07) is 5.02. The zero-order valence-corrected chi connectivity index (χ0v) is 18.9. The Kier molecular flexibility index (Phi) is 8.19. The largest absolute Gasteiger partial charge is 0.507 e. The standard InChI is InChI=1S/C23H26ClFN2O4/c1-6-12(2)22(13(3)14(4)31-5)27-23(30)16-9-18(25)15(10-21(16)29)19-8-7-17(24)20(11-28)26-19/h7-10,28-29H,6,11H2,1-5H3,(H,27,30)/b14-13+,22-12+. The molecule has 166 valence electrons. The summed E-state index contributed by atoms with van der Waals surface area (Å²) < 4.78 is 20.1. The number of aliphatic hydroxyl groups is 1. The molecule has 0 spiro atoms. The fraction of sp³-hybridized carbons (Fsp3) is 0.304. The molecule has 0 radical (unpaired) electrons. The molecule has 6 nitrogen and oxygen atoms in total. The molecule has 0 aliphatic heterocycles. The van der Waals surface area contributed by atoms with Crippen LogP contribution in [0.15, 0.2) is 46.9 Å². The number of halogens is 2. The van der Waals surface area contributed by atoms with E-state index in [-0.39, 0.29) is 27.5 Å². The number of carbonyl (C=O) groups is 1. The van der Waals surface area contributed by atoms with E-state index in [1.54, 1.807) is 6.92 Å². The second kappa shape index (κ2) is 10.4. The van der Waals surface area contributed by atoms with E-state index in [0.717, 1.165) is 23.3 Å². The second-order valence-electron chi connectivity index (χ2n) is 6.98. The van der Waals surface area contributed by atoms with Gasteiger partial charge in [-0.15, -0.1) is 0 Å². The van der Waals surface area contributed by atoms with Crippen molar-refractivity contribution in [1.29, 1.82) is 0 Å². The molecule has 0 fully saturated rings. The predicted octanol–water partition coefficient (Wildman–Crippen LogP) is 5.09. The summed E-state index contributed by atoms with van der Waals surface area (Å²) in [5, 5.41) is 22.8. The van der Waals surface area contributed by atoms with Crippen molar-refractivity contribution < 1.29 is 24.1 Å². The number of phenols is 1. The van der Waals surface area contributed by atoms with E-state index in [4.69, 9.17) is 16.3 Å². The third-order valence-electron chi connectivity index (χ3n) is 5.08. The number of nitrogens with zero attached hydrogens (tertiary/aromatic N) is 1. The number of aliphatic hydroxyl groups excluding tert-OH is 1. The number of amides is 1. The number of methoxy groups -OCH3 is 1. The first-order valence-corrected chi connectivity index (χ1v) is 10.0. The normalized spacial score (nSPS) is 12.8. The molecule has 0 atom stereocenters. The van der Waals surface area contributed by atoms with Crippen LogP contribution in [0.1, 0.15) is 50.2 Å². The SMILES string of the molecule is CC/C(C)=C(NC(=O)c1cc(F)c(-c2ccc(Cl)c(CO)n2)cc1O)\C(C)=C(/C)OC. The number of pyridine rings is 1. The van der Waals surface area contributed by atoms with Gasteiger partial charge in [0.1, 0.15) is 11.6 Å². The number of aromatic nitrogens is 1. The van der Waals surface area contributed by atoms with E-state index in [1.165, 1.54) is 19.2 Å². The Hall–Kier alpha value is -2.90. The number of hydrogen-bond acceptors (Lipinski definition) is 5. The molecule has 0 aliphatic rings. The lowest BCUT2D eigenvalue weighted by Crippen LogP contribution is -2.25. The number of aromatic hydroxyl groups is 1. The number of phenolic OH excluding ortho intramolecular Hbond substituents is 1. The molecule has 1 aromatic carbocycles. The van der Waals surface area contributed by atoms with Crippen LogP contribution in [0.25, 0.3) is 11.3 Å². The van der Waals surface area contributed by atoms with Crippen LogP contribution < -0.4 is 5.32 Å².